The van der Waals surface area contributed by atoms with Gasteiger partial charge in [0.25, 0.3) is 0 Å². The standard InChI is InChI=1S/C25H40N4OS2/c1-3-5-7-9-11-13-21(31)23-27-24(22(32)14-12-10-8-6-4-2)29-25(28-23)26-19-15-17-20(30)18-16-19/h15-18,21-22,30-32H,3-14H2,1-2H3,(H,26,27,28,29). The van der Waals surface area contributed by atoms with E-state index in [1.54, 1.807) is 24.3 Å². The van der Waals surface area contributed by atoms with Gasteiger partial charge in [-0.3, -0.25) is 0 Å². The quantitative estimate of drug-likeness (QED) is 0.112. The highest BCUT2D eigenvalue weighted by Gasteiger charge is 2.18. The Kier molecular flexibility index (Phi) is 12.9. The predicted molar refractivity (Wildman–Crippen MR) is 141 cm³/mol. The van der Waals surface area contributed by atoms with Crippen molar-refractivity contribution in [1.29, 1.82) is 0 Å². The molecule has 0 fully saturated rings. The van der Waals surface area contributed by atoms with Crippen LogP contribution in [0.15, 0.2) is 24.3 Å². The van der Waals surface area contributed by atoms with Gasteiger partial charge in [-0.15, -0.1) is 0 Å². The fraction of sp³-hybridized carbons (Fsp3) is 0.640. The van der Waals surface area contributed by atoms with Crippen molar-refractivity contribution >= 4 is 36.9 Å². The maximum atomic E-state index is 9.54. The molecule has 2 rings (SSSR count). The Bertz CT molecular complexity index is 735. The summed E-state index contributed by atoms with van der Waals surface area (Å²) in [6, 6.07) is 6.88. The Morgan fingerprint density at radius 3 is 1.66 bits per heavy atom. The SMILES string of the molecule is CCCCCCCC(S)c1nc(Nc2ccc(O)cc2)nc(C(S)CCCCCCC)n1. The molecule has 0 radical (unpaired) electrons. The van der Waals surface area contributed by atoms with Gasteiger partial charge in [-0.1, -0.05) is 78.1 Å². The maximum Gasteiger partial charge on any atom is 0.230 e. The number of nitrogens with zero attached hydrogens (tertiary/aromatic N) is 3. The van der Waals surface area contributed by atoms with E-state index in [0.29, 0.717) is 17.6 Å². The number of thiol groups is 2. The molecule has 0 spiro atoms. The minimum Gasteiger partial charge on any atom is -0.508 e. The zero-order valence-corrected chi connectivity index (χ0v) is 21.4. The van der Waals surface area contributed by atoms with Crippen LogP contribution in [0, 0.1) is 0 Å². The molecule has 1 aromatic carbocycles. The molecular formula is C25H40N4OS2. The van der Waals surface area contributed by atoms with Crippen LogP contribution in [-0.2, 0) is 0 Å². The number of aromatic hydroxyl groups is 1. The van der Waals surface area contributed by atoms with E-state index in [1.165, 1.54) is 51.4 Å². The molecular weight excluding hydrogens is 436 g/mol. The van der Waals surface area contributed by atoms with Crippen LogP contribution < -0.4 is 5.32 Å². The van der Waals surface area contributed by atoms with E-state index in [2.05, 4.69) is 29.1 Å². The predicted octanol–water partition coefficient (Wildman–Crippen LogP) is 7.98. The van der Waals surface area contributed by atoms with Crippen LogP contribution in [0.25, 0.3) is 0 Å². The summed E-state index contributed by atoms with van der Waals surface area (Å²) in [4.78, 5) is 14.1. The number of rotatable bonds is 16. The third kappa shape index (κ3) is 9.99. The highest BCUT2D eigenvalue weighted by molar-refractivity contribution is 7.80. The highest BCUT2D eigenvalue weighted by Crippen LogP contribution is 2.29. The number of nitrogens with one attached hydrogen (secondary N) is 1. The molecule has 0 bridgehead atoms. The first-order chi connectivity index (χ1) is 15.5. The van der Waals surface area contributed by atoms with Crippen molar-refractivity contribution < 1.29 is 5.11 Å². The van der Waals surface area contributed by atoms with Crippen LogP contribution in [0.3, 0.4) is 0 Å². The van der Waals surface area contributed by atoms with Crippen LogP contribution in [0.1, 0.15) is 113 Å². The number of phenolic OH excluding ortho intramolecular Hbond substituents is 1. The molecule has 2 unspecified atom stereocenters. The monoisotopic (exact) mass is 476 g/mol. The minimum atomic E-state index is -0.0242. The fourth-order valence-electron chi connectivity index (χ4n) is 3.58. The molecule has 0 aliphatic rings. The molecule has 7 heteroatoms. The van der Waals surface area contributed by atoms with Crippen LogP contribution in [0.4, 0.5) is 11.6 Å². The smallest absolute Gasteiger partial charge is 0.230 e. The lowest BCUT2D eigenvalue weighted by atomic mass is 10.1. The second kappa shape index (κ2) is 15.4. The molecule has 0 aliphatic heterocycles. The third-order valence-corrected chi connectivity index (χ3v) is 6.53. The van der Waals surface area contributed by atoms with Gasteiger partial charge in [0.05, 0.1) is 10.5 Å². The number of hydrogen-bond donors (Lipinski definition) is 4. The second-order valence-corrected chi connectivity index (χ2v) is 9.73. The van der Waals surface area contributed by atoms with Crippen molar-refractivity contribution in [2.24, 2.45) is 0 Å². The van der Waals surface area contributed by atoms with Crippen molar-refractivity contribution in [3.63, 3.8) is 0 Å². The summed E-state index contributed by atoms with van der Waals surface area (Å²) in [7, 11) is 0. The van der Waals surface area contributed by atoms with Gasteiger partial charge >= 0.3 is 0 Å². The molecule has 0 aliphatic carbocycles. The molecule has 32 heavy (non-hydrogen) atoms. The topological polar surface area (TPSA) is 70.9 Å². The summed E-state index contributed by atoms with van der Waals surface area (Å²) in [6.07, 6.45) is 14.2. The molecule has 2 N–H and O–H groups in total. The third-order valence-electron chi connectivity index (χ3n) is 5.55. The normalized spacial score (nSPS) is 13.1. The van der Waals surface area contributed by atoms with E-state index in [1.807, 2.05) is 0 Å². The van der Waals surface area contributed by atoms with Gasteiger partial charge < -0.3 is 10.4 Å². The summed E-state index contributed by atoms with van der Waals surface area (Å²) in [5, 5.41) is 12.7. The average molecular weight is 477 g/mol. The summed E-state index contributed by atoms with van der Waals surface area (Å²) in [5.74, 6) is 2.15. The molecule has 5 nitrogen and oxygen atoms in total. The number of phenols is 1. The summed E-state index contributed by atoms with van der Waals surface area (Å²) < 4.78 is 0. The second-order valence-electron chi connectivity index (χ2n) is 8.48. The molecule has 0 saturated heterocycles. The maximum absolute atomic E-state index is 9.54. The number of aromatic nitrogens is 3. The van der Waals surface area contributed by atoms with Gasteiger partial charge in [0.15, 0.2) is 0 Å². The largest absolute Gasteiger partial charge is 0.508 e. The first kappa shape index (κ1) is 26.8. The van der Waals surface area contributed by atoms with Gasteiger partial charge in [-0.25, -0.2) is 4.98 Å². The van der Waals surface area contributed by atoms with E-state index < -0.39 is 0 Å². The molecule has 0 amide bonds. The van der Waals surface area contributed by atoms with Crippen LogP contribution >= 0.6 is 25.3 Å². The molecule has 0 saturated carbocycles. The van der Waals surface area contributed by atoms with Crippen molar-refractivity contribution in [3.8, 4) is 5.75 Å². The number of benzene rings is 1. The van der Waals surface area contributed by atoms with Gasteiger partial charge in [-0.05, 0) is 37.1 Å². The molecule has 2 atom stereocenters. The van der Waals surface area contributed by atoms with Crippen molar-refractivity contribution in [1.82, 2.24) is 15.0 Å². The molecule has 2 aromatic rings. The number of unbranched alkanes of at least 4 members (excludes halogenated alkanes) is 8. The van der Waals surface area contributed by atoms with Crippen molar-refractivity contribution in [2.75, 3.05) is 5.32 Å². The number of hydrogen-bond acceptors (Lipinski definition) is 7. The zero-order chi connectivity index (χ0) is 23.2. The summed E-state index contributed by atoms with van der Waals surface area (Å²) in [6.45, 7) is 4.46. The van der Waals surface area contributed by atoms with Gasteiger partial charge in [-0.2, -0.15) is 35.2 Å². The summed E-state index contributed by atoms with van der Waals surface area (Å²) >= 11 is 9.64. The lowest BCUT2D eigenvalue weighted by molar-refractivity contribution is 0.475. The van der Waals surface area contributed by atoms with Gasteiger partial charge in [0, 0.05) is 5.69 Å². The first-order valence-electron chi connectivity index (χ1n) is 12.2. The zero-order valence-electron chi connectivity index (χ0n) is 19.6. The Morgan fingerprint density at radius 1 is 0.719 bits per heavy atom. The van der Waals surface area contributed by atoms with E-state index in [4.69, 9.17) is 30.2 Å². The lowest BCUT2D eigenvalue weighted by Crippen LogP contribution is -2.11. The Labute approximate surface area is 205 Å². The first-order valence-corrected chi connectivity index (χ1v) is 13.2. The molecule has 1 aromatic heterocycles. The van der Waals surface area contributed by atoms with E-state index in [9.17, 15) is 5.11 Å². The average Bonchev–Trinajstić information content (AvgIpc) is 2.80. The van der Waals surface area contributed by atoms with Crippen molar-refractivity contribution in [2.45, 2.75) is 101 Å². The minimum absolute atomic E-state index is 0.0242. The van der Waals surface area contributed by atoms with E-state index in [0.717, 1.165) is 31.4 Å². The van der Waals surface area contributed by atoms with E-state index in [-0.39, 0.29) is 16.2 Å². The van der Waals surface area contributed by atoms with Crippen molar-refractivity contribution in [3.05, 3.63) is 35.9 Å². The van der Waals surface area contributed by atoms with Crippen LogP contribution in [-0.4, -0.2) is 20.1 Å². The fourth-order valence-corrected chi connectivity index (χ4v) is 4.17. The number of anilines is 2. The summed E-state index contributed by atoms with van der Waals surface area (Å²) in [5.41, 5.74) is 0.816. The highest BCUT2D eigenvalue weighted by atomic mass is 32.1. The Hall–Kier alpha value is -1.47. The Balaban J connectivity index is 2.10. The molecule has 178 valence electrons. The lowest BCUT2D eigenvalue weighted by Gasteiger charge is -2.16. The van der Waals surface area contributed by atoms with Crippen LogP contribution in [0.5, 0.6) is 5.75 Å². The van der Waals surface area contributed by atoms with Crippen LogP contribution in [0.2, 0.25) is 0 Å². The Morgan fingerprint density at radius 2 is 1.19 bits per heavy atom. The van der Waals surface area contributed by atoms with Gasteiger partial charge in [0.2, 0.25) is 5.95 Å². The molecule has 1 heterocycles. The van der Waals surface area contributed by atoms with Gasteiger partial charge in [0.1, 0.15) is 17.4 Å². The van der Waals surface area contributed by atoms with E-state index >= 15 is 0 Å².